The fraction of sp³-hybridized carbons (Fsp3) is 0.333. The molecule has 0 atom stereocenters. The van der Waals surface area contributed by atoms with Crippen LogP contribution in [0.5, 0.6) is 5.75 Å². The Morgan fingerprint density at radius 2 is 1.74 bits per heavy atom. The minimum absolute atomic E-state index is 0.0128. The molecule has 0 heterocycles. The summed E-state index contributed by atoms with van der Waals surface area (Å²) in [5.74, 6) is 0.00435. The van der Waals surface area contributed by atoms with Crippen LogP contribution in [-0.4, -0.2) is 36.4 Å². The predicted molar refractivity (Wildman–Crippen MR) is 102 cm³/mol. The molecular weight excluding hydrogens is 347 g/mol. The van der Waals surface area contributed by atoms with Crippen LogP contribution in [0.3, 0.4) is 0 Å². The SMILES string of the molecule is CCN(CC(=O)NCc1ccc(F)cc1)C(=O)CCOc1ccc(C)cc1. The van der Waals surface area contributed by atoms with Crippen LogP contribution in [0.25, 0.3) is 0 Å². The van der Waals surface area contributed by atoms with Crippen LogP contribution in [0.4, 0.5) is 4.39 Å². The van der Waals surface area contributed by atoms with Gasteiger partial charge in [-0.1, -0.05) is 29.8 Å². The molecule has 0 radical (unpaired) electrons. The van der Waals surface area contributed by atoms with Crippen LogP contribution >= 0.6 is 0 Å². The van der Waals surface area contributed by atoms with E-state index in [1.165, 1.54) is 17.0 Å². The second-order valence-electron chi connectivity index (χ2n) is 6.22. The lowest BCUT2D eigenvalue weighted by Gasteiger charge is -2.20. The maximum atomic E-state index is 12.9. The number of carbonyl (C=O) groups excluding carboxylic acids is 2. The van der Waals surface area contributed by atoms with E-state index in [2.05, 4.69) is 5.32 Å². The Morgan fingerprint density at radius 1 is 1.07 bits per heavy atom. The normalized spacial score (nSPS) is 10.3. The fourth-order valence-electron chi connectivity index (χ4n) is 2.46. The van der Waals surface area contributed by atoms with Gasteiger partial charge < -0.3 is 15.0 Å². The molecule has 144 valence electrons. The number of rotatable bonds is 9. The zero-order valence-corrected chi connectivity index (χ0v) is 15.7. The predicted octanol–water partition coefficient (Wildman–Crippen LogP) is 3.07. The van der Waals surface area contributed by atoms with E-state index in [1.807, 2.05) is 38.1 Å². The number of ether oxygens (including phenoxy) is 1. The lowest BCUT2D eigenvalue weighted by Crippen LogP contribution is -2.40. The number of benzene rings is 2. The molecule has 0 aliphatic rings. The summed E-state index contributed by atoms with van der Waals surface area (Å²) in [5, 5.41) is 2.74. The Kier molecular flexibility index (Phi) is 7.79. The molecule has 2 amide bonds. The van der Waals surface area contributed by atoms with Crippen LogP contribution in [-0.2, 0) is 16.1 Å². The lowest BCUT2D eigenvalue weighted by atomic mass is 10.2. The van der Waals surface area contributed by atoms with Crippen molar-refractivity contribution in [2.45, 2.75) is 26.8 Å². The molecule has 0 bridgehead atoms. The first-order chi connectivity index (χ1) is 13.0. The summed E-state index contributed by atoms with van der Waals surface area (Å²) in [4.78, 5) is 25.8. The van der Waals surface area contributed by atoms with Crippen molar-refractivity contribution in [3.8, 4) is 5.75 Å². The second-order valence-corrected chi connectivity index (χ2v) is 6.22. The van der Waals surface area contributed by atoms with Gasteiger partial charge in [0, 0.05) is 13.1 Å². The summed E-state index contributed by atoms with van der Waals surface area (Å²) < 4.78 is 18.4. The highest BCUT2D eigenvalue weighted by Crippen LogP contribution is 2.11. The molecule has 0 aliphatic carbocycles. The van der Waals surface area contributed by atoms with Crippen LogP contribution < -0.4 is 10.1 Å². The van der Waals surface area contributed by atoms with Gasteiger partial charge in [-0.3, -0.25) is 9.59 Å². The van der Waals surface area contributed by atoms with E-state index >= 15 is 0 Å². The van der Waals surface area contributed by atoms with E-state index in [0.29, 0.717) is 18.8 Å². The van der Waals surface area contributed by atoms with Crippen LogP contribution in [0.2, 0.25) is 0 Å². The molecule has 0 aliphatic heterocycles. The van der Waals surface area contributed by atoms with Crippen molar-refractivity contribution in [3.63, 3.8) is 0 Å². The van der Waals surface area contributed by atoms with E-state index in [-0.39, 0.29) is 37.2 Å². The van der Waals surface area contributed by atoms with E-state index in [0.717, 1.165) is 11.1 Å². The molecule has 5 nitrogen and oxygen atoms in total. The van der Waals surface area contributed by atoms with Crippen molar-refractivity contribution in [2.24, 2.45) is 0 Å². The number of nitrogens with one attached hydrogen (secondary N) is 1. The molecule has 2 aromatic rings. The van der Waals surface area contributed by atoms with Crippen molar-refractivity contribution in [1.29, 1.82) is 0 Å². The highest BCUT2D eigenvalue weighted by Gasteiger charge is 2.15. The van der Waals surface area contributed by atoms with Crippen molar-refractivity contribution in [1.82, 2.24) is 10.2 Å². The molecular formula is C21H25FN2O3. The van der Waals surface area contributed by atoms with Gasteiger partial charge in [0.25, 0.3) is 0 Å². The van der Waals surface area contributed by atoms with E-state index < -0.39 is 0 Å². The molecule has 0 spiro atoms. The average Bonchev–Trinajstić information content (AvgIpc) is 2.67. The number of halogens is 1. The van der Waals surface area contributed by atoms with Crippen LogP contribution in [0.1, 0.15) is 24.5 Å². The van der Waals surface area contributed by atoms with Gasteiger partial charge in [0.2, 0.25) is 11.8 Å². The van der Waals surface area contributed by atoms with Crippen molar-refractivity contribution in [2.75, 3.05) is 19.7 Å². The maximum Gasteiger partial charge on any atom is 0.239 e. The third-order valence-electron chi connectivity index (χ3n) is 4.08. The van der Waals surface area contributed by atoms with Gasteiger partial charge in [-0.15, -0.1) is 0 Å². The highest BCUT2D eigenvalue weighted by atomic mass is 19.1. The van der Waals surface area contributed by atoms with Crippen molar-refractivity contribution >= 4 is 11.8 Å². The summed E-state index contributed by atoms with van der Waals surface area (Å²) in [5.41, 5.74) is 1.94. The number of nitrogens with zero attached hydrogens (tertiary/aromatic N) is 1. The quantitative estimate of drug-likeness (QED) is 0.736. The monoisotopic (exact) mass is 372 g/mol. The topological polar surface area (TPSA) is 58.6 Å². The second kappa shape index (κ2) is 10.3. The van der Waals surface area contributed by atoms with Gasteiger partial charge in [0.05, 0.1) is 19.6 Å². The first-order valence-electron chi connectivity index (χ1n) is 8.96. The molecule has 0 unspecified atom stereocenters. The van der Waals surface area contributed by atoms with Gasteiger partial charge in [-0.25, -0.2) is 4.39 Å². The molecule has 27 heavy (non-hydrogen) atoms. The summed E-state index contributed by atoms with van der Waals surface area (Å²) in [6.45, 7) is 4.80. The minimum Gasteiger partial charge on any atom is -0.493 e. The highest BCUT2D eigenvalue weighted by molar-refractivity contribution is 5.84. The smallest absolute Gasteiger partial charge is 0.239 e. The summed E-state index contributed by atoms with van der Waals surface area (Å²) in [7, 11) is 0. The zero-order chi connectivity index (χ0) is 19.6. The summed E-state index contributed by atoms with van der Waals surface area (Å²) >= 11 is 0. The minimum atomic E-state index is -0.319. The Hall–Kier alpha value is -2.89. The first kappa shape index (κ1) is 20.4. The number of amides is 2. The Bertz CT molecular complexity index is 745. The first-order valence-corrected chi connectivity index (χ1v) is 8.96. The molecule has 1 N–H and O–H groups in total. The summed E-state index contributed by atoms with van der Waals surface area (Å²) in [6.07, 6.45) is 0.201. The Morgan fingerprint density at radius 3 is 2.37 bits per heavy atom. The third-order valence-corrected chi connectivity index (χ3v) is 4.08. The standard InChI is InChI=1S/C21H25FN2O3/c1-3-24(15-20(25)23-14-17-6-8-18(22)9-7-17)21(26)12-13-27-19-10-4-16(2)5-11-19/h4-11H,3,12-15H2,1-2H3,(H,23,25). The number of hydrogen-bond acceptors (Lipinski definition) is 3. The Labute approximate surface area is 159 Å². The number of likely N-dealkylation sites (N-methyl/N-ethyl adjacent to an activating group) is 1. The molecule has 0 saturated carbocycles. The number of aryl methyl sites for hydroxylation is 1. The number of carbonyl (C=O) groups is 2. The van der Waals surface area contributed by atoms with Crippen molar-refractivity contribution < 1.29 is 18.7 Å². The van der Waals surface area contributed by atoms with Gasteiger partial charge in [0.1, 0.15) is 11.6 Å². The fourth-order valence-corrected chi connectivity index (χ4v) is 2.46. The largest absolute Gasteiger partial charge is 0.493 e. The van der Waals surface area contributed by atoms with Crippen molar-refractivity contribution in [3.05, 3.63) is 65.5 Å². The molecule has 0 saturated heterocycles. The molecule has 6 heteroatoms. The van der Waals surface area contributed by atoms with Gasteiger partial charge in [-0.2, -0.15) is 0 Å². The molecule has 0 fully saturated rings. The molecule has 2 aromatic carbocycles. The summed E-state index contributed by atoms with van der Waals surface area (Å²) in [6, 6.07) is 13.5. The third kappa shape index (κ3) is 7.09. The molecule has 2 rings (SSSR count). The zero-order valence-electron chi connectivity index (χ0n) is 15.7. The van der Waals surface area contributed by atoms with E-state index in [1.54, 1.807) is 12.1 Å². The van der Waals surface area contributed by atoms with Gasteiger partial charge >= 0.3 is 0 Å². The number of hydrogen-bond donors (Lipinski definition) is 1. The van der Waals surface area contributed by atoms with Crippen LogP contribution in [0.15, 0.2) is 48.5 Å². The molecule has 0 aromatic heterocycles. The van der Waals surface area contributed by atoms with Gasteiger partial charge in [0.15, 0.2) is 0 Å². The van der Waals surface area contributed by atoms with E-state index in [4.69, 9.17) is 4.74 Å². The lowest BCUT2D eigenvalue weighted by molar-refractivity contribution is -0.136. The van der Waals surface area contributed by atoms with Gasteiger partial charge in [-0.05, 0) is 43.7 Å². The van der Waals surface area contributed by atoms with Crippen LogP contribution in [0, 0.1) is 12.7 Å². The maximum absolute atomic E-state index is 12.9. The Balaban J connectivity index is 1.73. The average molecular weight is 372 g/mol. The van der Waals surface area contributed by atoms with E-state index in [9.17, 15) is 14.0 Å².